The van der Waals surface area contributed by atoms with Crippen LogP contribution in [0, 0.1) is 20.2 Å². The number of aliphatic hydroxyl groups is 1. The Bertz CT molecular complexity index is 260. The summed E-state index contributed by atoms with van der Waals surface area (Å²) in [4.78, 5) is 21.0. The summed E-state index contributed by atoms with van der Waals surface area (Å²) in [6, 6.07) is 0. The molecular formula is C4H10N6O6. The third-order valence-electron chi connectivity index (χ3n) is 1.11. The number of hydrazine groups is 1. The minimum atomic E-state index is -1.50. The van der Waals surface area contributed by atoms with E-state index in [0.29, 0.717) is 0 Å². The Morgan fingerprint density at radius 2 is 1.88 bits per heavy atom. The average molecular weight is 238 g/mol. The van der Waals surface area contributed by atoms with E-state index in [4.69, 9.17) is 26.0 Å². The van der Waals surface area contributed by atoms with E-state index in [2.05, 4.69) is 10.0 Å². The summed E-state index contributed by atoms with van der Waals surface area (Å²) in [7, 11) is 0. The zero-order chi connectivity index (χ0) is 13.0. The minimum absolute atomic E-state index is 0.0115. The fourth-order valence-electron chi connectivity index (χ4n) is 0.595. The molecule has 0 saturated heterocycles. The first-order valence-corrected chi connectivity index (χ1v) is 3.80. The maximum atomic E-state index is 10.2. The van der Waals surface area contributed by atoms with Gasteiger partial charge in [0.15, 0.2) is 5.03 Å². The molecule has 0 atom stereocenters. The average Bonchev–Trinajstić information content (AvgIpc) is 2.15. The molecular weight excluding hydrogens is 228 g/mol. The van der Waals surface area contributed by atoms with Gasteiger partial charge in [-0.25, -0.2) is 10.1 Å². The quantitative estimate of drug-likeness (QED) is 0.204. The zero-order valence-corrected chi connectivity index (χ0v) is 8.04. The van der Waals surface area contributed by atoms with Gasteiger partial charge in [0.25, 0.3) is 5.09 Å². The SMILES string of the molecule is O=[N+]([O-])O.[N-]=[N+]=NCCN(CCO)[N+](=O)[O-]. The first-order chi connectivity index (χ1) is 7.45. The molecule has 0 rings (SSSR count). The number of hydrogen-bond acceptors (Lipinski definition) is 6. The van der Waals surface area contributed by atoms with Crippen molar-refractivity contribution in [2.24, 2.45) is 5.11 Å². The van der Waals surface area contributed by atoms with Crippen LogP contribution in [0.5, 0.6) is 0 Å². The van der Waals surface area contributed by atoms with E-state index in [9.17, 15) is 10.1 Å². The van der Waals surface area contributed by atoms with Crippen LogP contribution in [0.4, 0.5) is 0 Å². The van der Waals surface area contributed by atoms with Crippen molar-refractivity contribution in [3.63, 3.8) is 0 Å². The van der Waals surface area contributed by atoms with E-state index in [1.54, 1.807) is 0 Å². The molecule has 0 bridgehead atoms. The lowest BCUT2D eigenvalue weighted by Gasteiger charge is -2.10. The highest BCUT2D eigenvalue weighted by Gasteiger charge is 2.11. The molecule has 12 nitrogen and oxygen atoms in total. The Balaban J connectivity index is 0. The van der Waals surface area contributed by atoms with Gasteiger partial charge in [0, 0.05) is 11.5 Å². The van der Waals surface area contributed by atoms with Gasteiger partial charge in [-0.3, -0.25) is 0 Å². The third kappa shape index (κ3) is 14.2. The predicted octanol–water partition coefficient (Wildman–Crippen LogP) is -0.565. The second kappa shape index (κ2) is 10.7. The second-order valence-electron chi connectivity index (χ2n) is 2.11. The maximum absolute atomic E-state index is 10.2. The monoisotopic (exact) mass is 238 g/mol. The van der Waals surface area contributed by atoms with Gasteiger partial charge in [-0.1, -0.05) is 5.11 Å². The van der Waals surface area contributed by atoms with Crippen LogP contribution in [0.1, 0.15) is 0 Å². The summed E-state index contributed by atoms with van der Waals surface area (Å²) in [6.45, 7) is -0.319. The number of rotatable bonds is 6. The van der Waals surface area contributed by atoms with Crippen LogP contribution in [0.2, 0.25) is 0 Å². The molecule has 2 N–H and O–H groups in total. The number of nitro groups is 1. The van der Waals surface area contributed by atoms with Gasteiger partial charge in [-0.2, -0.15) is 0 Å². The molecule has 0 aliphatic rings. The highest BCUT2D eigenvalue weighted by molar-refractivity contribution is 4.50. The van der Waals surface area contributed by atoms with Crippen molar-refractivity contribution < 1.29 is 20.4 Å². The summed E-state index contributed by atoms with van der Waals surface area (Å²) >= 11 is 0. The molecule has 0 heterocycles. The van der Waals surface area contributed by atoms with Crippen LogP contribution in [0.15, 0.2) is 5.11 Å². The standard InChI is InChI=1S/C4H9N5O3.HNO3/c5-7-6-1-2-8(3-4-10)9(11)12;2-1(3)4/h10H,1-4H2;(H,2,3,4). The number of nitrogens with zero attached hydrogens (tertiary/aromatic N) is 6. The molecule has 0 saturated carbocycles. The van der Waals surface area contributed by atoms with E-state index < -0.39 is 10.1 Å². The molecule has 12 heteroatoms. The lowest BCUT2D eigenvalue weighted by atomic mass is 10.6. The first-order valence-electron chi connectivity index (χ1n) is 3.80. The summed E-state index contributed by atoms with van der Waals surface area (Å²) in [5.74, 6) is 0. The van der Waals surface area contributed by atoms with Crippen LogP contribution in [0.25, 0.3) is 10.4 Å². The number of aliphatic hydroxyl groups excluding tert-OH is 1. The van der Waals surface area contributed by atoms with Crippen LogP contribution >= 0.6 is 0 Å². The Kier molecular flexibility index (Phi) is 10.8. The molecule has 0 fully saturated rings. The van der Waals surface area contributed by atoms with Crippen LogP contribution in [0.3, 0.4) is 0 Å². The third-order valence-corrected chi connectivity index (χ3v) is 1.11. The molecule has 0 aliphatic carbocycles. The molecule has 0 aromatic rings. The van der Waals surface area contributed by atoms with Crippen molar-refractivity contribution in [2.45, 2.75) is 0 Å². The Morgan fingerprint density at radius 1 is 1.38 bits per heavy atom. The predicted molar refractivity (Wildman–Crippen MR) is 48.4 cm³/mol. The van der Waals surface area contributed by atoms with Crippen molar-refractivity contribution in [3.05, 3.63) is 30.7 Å². The molecule has 0 spiro atoms. The molecule has 0 amide bonds. The lowest BCUT2D eigenvalue weighted by Crippen LogP contribution is -2.34. The van der Waals surface area contributed by atoms with Gasteiger partial charge in [0.05, 0.1) is 13.2 Å². The summed E-state index contributed by atoms with van der Waals surface area (Å²) in [6.07, 6.45) is 0. The Hall–Kier alpha value is -2.33. The largest absolute Gasteiger partial charge is 0.394 e. The maximum Gasteiger partial charge on any atom is 0.291 e. The normalized spacial score (nSPS) is 8.06. The Morgan fingerprint density at radius 3 is 2.19 bits per heavy atom. The number of azide groups is 1. The highest BCUT2D eigenvalue weighted by Crippen LogP contribution is 1.87. The van der Waals surface area contributed by atoms with Gasteiger partial charge in [-0.05, 0) is 5.53 Å². The molecule has 0 unspecified atom stereocenters. The van der Waals surface area contributed by atoms with E-state index >= 15 is 0 Å². The van der Waals surface area contributed by atoms with Gasteiger partial charge in [0.2, 0.25) is 0 Å². The highest BCUT2D eigenvalue weighted by atomic mass is 16.9. The van der Waals surface area contributed by atoms with E-state index in [-0.39, 0.29) is 26.2 Å². The van der Waals surface area contributed by atoms with Gasteiger partial charge in [0.1, 0.15) is 6.54 Å². The van der Waals surface area contributed by atoms with Crippen molar-refractivity contribution in [2.75, 3.05) is 26.2 Å². The van der Waals surface area contributed by atoms with Gasteiger partial charge < -0.3 is 10.3 Å². The van der Waals surface area contributed by atoms with Crippen molar-refractivity contribution in [3.8, 4) is 0 Å². The Labute approximate surface area is 88.6 Å². The van der Waals surface area contributed by atoms with Gasteiger partial charge >= 0.3 is 0 Å². The molecule has 92 valence electrons. The summed E-state index contributed by atoms with van der Waals surface area (Å²) in [5, 5.41) is 35.5. The van der Waals surface area contributed by atoms with Crippen molar-refractivity contribution in [1.29, 1.82) is 0 Å². The van der Waals surface area contributed by atoms with E-state index in [1.165, 1.54) is 0 Å². The smallest absolute Gasteiger partial charge is 0.291 e. The fraction of sp³-hybridized carbons (Fsp3) is 1.00. The van der Waals surface area contributed by atoms with Gasteiger partial charge in [-0.15, -0.1) is 15.1 Å². The van der Waals surface area contributed by atoms with E-state index in [1.807, 2.05) is 0 Å². The first kappa shape index (κ1) is 16.1. The fourth-order valence-corrected chi connectivity index (χ4v) is 0.595. The number of hydrogen-bond donors (Lipinski definition) is 2. The second-order valence-corrected chi connectivity index (χ2v) is 2.11. The topological polar surface area (TPSA) is 179 Å². The molecule has 0 aliphatic heterocycles. The molecule has 0 radical (unpaired) electrons. The van der Waals surface area contributed by atoms with Crippen LogP contribution in [-0.2, 0) is 0 Å². The molecule has 0 aromatic carbocycles. The van der Waals surface area contributed by atoms with Crippen molar-refractivity contribution >= 4 is 0 Å². The summed E-state index contributed by atoms with van der Waals surface area (Å²) in [5.41, 5.74) is 7.87. The van der Waals surface area contributed by atoms with Crippen molar-refractivity contribution in [1.82, 2.24) is 5.01 Å². The summed E-state index contributed by atoms with van der Waals surface area (Å²) < 4.78 is 0. The van der Waals surface area contributed by atoms with Crippen LogP contribution < -0.4 is 0 Å². The molecule has 0 aromatic heterocycles. The van der Waals surface area contributed by atoms with Crippen LogP contribution in [-0.4, -0.2) is 51.7 Å². The van der Waals surface area contributed by atoms with E-state index in [0.717, 1.165) is 5.01 Å². The minimum Gasteiger partial charge on any atom is -0.394 e. The zero-order valence-electron chi connectivity index (χ0n) is 8.04. The lowest BCUT2D eigenvalue weighted by molar-refractivity contribution is -0.742. The molecule has 16 heavy (non-hydrogen) atoms.